The monoisotopic (exact) mass is 364 g/mol. The number of aromatic nitrogens is 1. The number of aryl methyl sites for hydroxylation is 1. The molecule has 1 fully saturated rings. The van der Waals surface area contributed by atoms with Crippen molar-refractivity contribution in [1.29, 1.82) is 0 Å². The first kappa shape index (κ1) is 18.4. The van der Waals surface area contributed by atoms with Gasteiger partial charge in [0.1, 0.15) is 5.69 Å². The maximum Gasteiger partial charge on any atom is 0.433 e. The molecule has 0 aliphatic carbocycles. The van der Waals surface area contributed by atoms with Crippen LogP contribution in [0.15, 0.2) is 42.5 Å². The summed E-state index contributed by atoms with van der Waals surface area (Å²) in [7, 11) is 0. The van der Waals surface area contributed by atoms with Crippen molar-refractivity contribution in [2.45, 2.75) is 19.5 Å². The molecule has 1 aromatic carbocycles. The molecule has 4 nitrogen and oxygen atoms in total. The fraction of sp³-hybridized carbons (Fsp3) is 0.368. The van der Waals surface area contributed by atoms with Crippen molar-refractivity contribution in [2.75, 3.05) is 24.7 Å². The van der Waals surface area contributed by atoms with Gasteiger partial charge in [-0.15, -0.1) is 0 Å². The van der Waals surface area contributed by atoms with E-state index in [0.29, 0.717) is 25.4 Å². The lowest BCUT2D eigenvalue weighted by Gasteiger charge is -2.26. The van der Waals surface area contributed by atoms with Gasteiger partial charge in [0.15, 0.2) is 0 Å². The Morgan fingerprint density at radius 3 is 2.54 bits per heavy atom. The summed E-state index contributed by atoms with van der Waals surface area (Å²) in [5.41, 5.74) is -0.0695. The Kier molecular flexibility index (Phi) is 5.27. The molecule has 1 aliphatic rings. The highest BCUT2D eigenvalue weighted by Gasteiger charge is 2.33. The molecule has 138 valence electrons. The van der Waals surface area contributed by atoms with E-state index in [1.54, 1.807) is 17.0 Å². The molecular weight excluding hydrogens is 345 g/mol. The van der Waals surface area contributed by atoms with Crippen molar-refractivity contribution in [3.05, 3.63) is 59.4 Å². The number of pyridine rings is 1. The fourth-order valence-corrected chi connectivity index (χ4v) is 2.99. The summed E-state index contributed by atoms with van der Waals surface area (Å²) in [6.45, 7) is 3.09. The van der Waals surface area contributed by atoms with Gasteiger partial charge in [0.05, 0.1) is 17.9 Å². The molecule has 0 bridgehead atoms. The van der Waals surface area contributed by atoms with Crippen LogP contribution in [0, 0.1) is 12.8 Å². The van der Waals surface area contributed by atoms with Gasteiger partial charge in [0.2, 0.25) is 0 Å². The second-order valence-electron chi connectivity index (χ2n) is 6.31. The number of hydrogen-bond acceptors (Lipinski definition) is 3. The smallest absolute Gasteiger partial charge is 0.381 e. The van der Waals surface area contributed by atoms with E-state index >= 15 is 0 Å². The van der Waals surface area contributed by atoms with Gasteiger partial charge in [-0.25, -0.2) is 4.98 Å². The Bertz CT molecular complexity index is 772. The average molecular weight is 364 g/mol. The number of rotatable bonds is 4. The second-order valence-corrected chi connectivity index (χ2v) is 6.31. The van der Waals surface area contributed by atoms with Gasteiger partial charge in [0.25, 0.3) is 5.91 Å². The number of amides is 1. The molecule has 1 aliphatic heterocycles. The fourth-order valence-electron chi connectivity index (χ4n) is 2.99. The van der Waals surface area contributed by atoms with Gasteiger partial charge in [-0.05, 0) is 37.6 Å². The third-order valence-electron chi connectivity index (χ3n) is 4.38. The molecule has 2 heterocycles. The number of halogens is 3. The van der Waals surface area contributed by atoms with Crippen molar-refractivity contribution < 1.29 is 22.7 Å². The lowest BCUT2D eigenvalue weighted by molar-refractivity contribution is -0.141. The standard InChI is InChI=1S/C19H19F3N2O2/c1-13-16(7-8-17(23-13)19(20,21)22)18(25)24(11-14-9-10-26-12-14)15-5-3-2-4-6-15/h2-8,14H,9-12H2,1H3/t14-/m1/s1. The van der Waals surface area contributed by atoms with Crippen LogP contribution < -0.4 is 4.90 Å². The van der Waals surface area contributed by atoms with E-state index in [-0.39, 0.29) is 23.1 Å². The molecule has 1 saturated heterocycles. The van der Waals surface area contributed by atoms with Crippen LogP contribution in [0.4, 0.5) is 18.9 Å². The topological polar surface area (TPSA) is 42.4 Å². The third kappa shape index (κ3) is 4.04. The van der Waals surface area contributed by atoms with E-state index < -0.39 is 11.9 Å². The molecule has 1 amide bonds. The SMILES string of the molecule is Cc1nc(C(F)(F)F)ccc1C(=O)N(C[C@H]1CCOC1)c1ccccc1. The van der Waals surface area contributed by atoms with Gasteiger partial charge >= 0.3 is 6.18 Å². The molecular formula is C19H19F3N2O2. The number of para-hydroxylation sites is 1. The van der Waals surface area contributed by atoms with Crippen molar-refractivity contribution in [3.63, 3.8) is 0 Å². The molecule has 0 N–H and O–H groups in total. The minimum Gasteiger partial charge on any atom is -0.381 e. The zero-order chi connectivity index (χ0) is 18.7. The Morgan fingerprint density at radius 1 is 1.23 bits per heavy atom. The van der Waals surface area contributed by atoms with Crippen molar-refractivity contribution in [2.24, 2.45) is 5.92 Å². The molecule has 7 heteroatoms. The highest BCUT2D eigenvalue weighted by Crippen LogP contribution is 2.29. The average Bonchev–Trinajstić information content (AvgIpc) is 3.12. The van der Waals surface area contributed by atoms with Gasteiger partial charge in [-0.1, -0.05) is 18.2 Å². The summed E-state index contributed by atoms with van der Waals surface area (Å²) in [5.74, 6) is -0.163. The van der Waals surface area contributed by atoms with Crippen LogP contribution in [0.3, 0.4) is 0 Å². The van der Waals surface area contributed by atoms with Crippen LogP contribution in [0.2, 0.25) is 0 Å². The lowest BCUT2D eigenvalue weighted by Crippen LogP contribution is -2.36. The van der Waals surface area contributed by atoms with Crippen molar-refractivity contribution in [3.8, 4) is 0 Å². The minimum atomic E-state index is -4.54. The summed E-state index contributed by atoms with van der Waals surface area (Å²) in [6, 6.07) is 11.1. The number of nitrogens with zero attached hydrogens (tertiary/aromatic N) is 2. The van der Waals surface area contributed by atoms with Crippen LogP contribution in [-0.2, 0) is 10.9 Å². The van der Waals surface area contributed by atoms with Crippen LogP contribution in [0.1, 0.15) is 28.2 Å². The zero-order valence-electron chi connectivity index (χ0n) is 14.3. The van der Waals surface area contributed by atoms with Gasteiger partial charge < -0.3 is 9.64 Å². The highest BCUT2D eigenvalue weighted by molar-refractivity contribution is 6.06. The molecule has 0 saturated carbocycles. The van der Waals surface area contributed by atoms with Gasteiger partial charge in [0, 0.05) is 24.8 Å². The first-order valence-electron chi connectivity index (χ1n) is 8.36. The first-order chi connectivity index (χ1) is 12.4. The van der Waals surface area contributed by atoms with Crippen LogP contribution in [-0.4, -0.2) is 30.6 Å². The first-order valence-corrected chi connectivity index (χ1v) is 8.36. The highest BCUT2D eigenvalue weighted by atomic mass is 19.4. The third-order valence-corrected chi connectivity index (χ3v) is 4.38. The van der Waals surface area contributed by atoms with Gasteiger partial charge in [-0.2, -0.15) is 13.2 Å². The number of benzene rings is 1. The number of carbonyl (C=O) groups is 1. The molecule has 2 aromatic rings. The second kappa shape index (κ2) is 7.45. The van der Waals surface area contributed by atoms with E-state index in [2.05, 4.69) is 4.98 Å². The summed E-state index contributed by atoms with van der Waals surface area (Å²) >= 11 is 0. The molecule has 0 spiro atoms. The Morgan fingerprint density at radius 2 is 1.96 bits per heavy atom. The van der Waals surface area contributed by atoms with E-state index in [9.17, 15) is 18.0 Å². The number of anilines is 1. The summed E-state index contributed by atoms with van der Waals surface area (Å²) in [6.07, 6.45) is -3.69. The number of hydrogen-bond donors (Lipinski definition) is 0. The number of carbonyl (C=O) groups excluding carboxylic acids is 1. The van der Waals surface area contributed by atoms with Crippen molar-refractivity contribution in [1.82, 2.24) is 4.98 Å². The Labute approximate surface area is 149 Å². The molecule has 26 heavy (non-hydrogen) atoms. The van der Waals surface area contributed by atoms with Crippen molar-refractivity contribution >= 4 is 11.6 Å². The lowest BCUT2D eigenvalue weighted by atomic mass is 10.1. The van der Waals surface area contributed by atoms with E-state index in [1.807, 2.05) is 18.2 Å². The predicted molar refractivity (Wildman–Crippen MR) is 91.0 cm³/mol. The predicted octanol–water partition coefficient (Wildman–Crippen LogP) is 4.09. The Hall–Kier alpha value is -2.41. The zero-order valence-corrected chi connectivity index (χ0v) is 14.3. The number of ether oxygens (including phenoxy) is 1. The number of alkyl halides is 3. The maximum absolute atomic E-state index is 13.1. The summed E-state index contributed by atoms with van der Waals surface area (Å²) < 4.78 is 43.8. The van der Waals surface area contributed by atoms with E-state index in [4.69, 9.17) is 4.74 Å². The van der Waals surface area contributed by atoms with Crippen LogP contribution >= 0.6 is 0 Å². The normalized spacial score (nSPS) is 17.3. The van der Waals surface area contributed by atoms with Crippen LogP contribution in [0.5, 0.6) is 0 Å². The van der Waals surface area contributed by atoms with E-state index in [1.165, 1.54) is 13.0 Å². The molecule has 0 unspecified atom stereocenters. The molecule has 1 atom stereocenters. The largest absolute Gasteiger partial charge is 0.433 e. The summed E-state index contributed by atoms with van der Waals surface area (Å²) in [4.78, 5) is 18.2. The quantitative estimate of drug-likeness (QED) is 0.821. The molecule has 0 radical (unpaired) electrons. The van der Waals surface area contributed by atoms with E-state index in [0.717, 1.165) is 12.5 Å². The van der Waals surface area contributed by atoms with Crippen LogP contribution in [0.25, 0.3) is 0 Å². The van der Waals surface area contributed by atoms with Gasteiger partial charge in [-0.3, -0.25) is 4.79 Å². The Balaban J connectivity index is 1.92. The molecule has 3 rings (SSSR count). The maximum atomic E-state index is 13.1. The molecule has 1 aromatic heterocycles. The minimum absolute atomic E-state index is 0.0634. The summed E-state index contributed by atoms with van der Waals surface area (Å²) in [5, 5.41) is 0.